The Morgan fingerprint density at radius 1 is 0.692 bits per heavy atom. The molecule has 0 saturated carbocycles. The monoisotopic (exact) mass is 420 g/mol. The number of hydrogen-bond donors (Lipinski definition) is 0. The molecule has 4 rings (SSSR count). The average Bonchev–Trinajstić information content (AvgIpc) is 2.71. The summed E-state index contributed by atoms with van der Waals surface area (Å²) < 4.78 is 0.630. The van der Waals surface area contributed by atoms with Crippen LogP contribution in [0.25, 0.3) is 11.1 Å². The highest BCUT2D eigenvalue weighted by molar-refractivity contribution is 9.12. The molecule has 0 fully saturated rings. The van der Waals surface area contributed by atoms with Crippen molar-refractivity contribution in [3.8, 4) is 0 Å². The summed E-state index contributed by atoms with van der Waals surface area (Å²) in [4.78, 5) is 12.6. The van der Waals surface area contributed by atoms with Crippen LogP contribution >= 0.6 is 27.5 Å². The van der Waals surface area contributed by atoms with E-state index in [1.807, 2.05) is 60.7 Å². The third kappa shape index (κ3) is 2.86. The lowest BCUT2D eigenvalue weighted by molar-refractivity contribution is 0.104. The minimum Gasteiger partial charge on any atom is -0.288 e. The standard InChI is InChI=1S/C23H14BrClO/c24-21-20(17-13-7-8-14-18(17)23(26)22(21)25)19(15-9-3-1-4-10-15)16-11-5-2-6-12-16/h1-14H. The molecule has 1 nitrogen and oxygen atoms in total. The van der Waals surface area contributed by atoms with Gasteiger partial charge in [-0.2, -0.15) is 0 Å². The topological polar surface area (TPSA) is 17.1 Å². The van der Waals surface area contributed by atoms with Crippen LogP contribution in [0.4, 0.5) is 0 Å². The Balaban J connectivity index is 2.14. The van der Waals surface area contributed by atoms with Gasteiger partial charge >= 0.3 is 0 Å². The Morgan fingerprint density at radius 2 is 1.15 bits per heavy atom. The summed E-state index contributed by atoms with van der Waals surface area (Å²) in [6.07, 6.45) is 0. The molecule has 26 heavy (non-hydrogen) atoms. The first kappa shape index (κ1) is 17.0. The third-order valence-corrected chi connectivity index (χ3v) is 5.81. The molecule has 0 atom stereocenters. The molecule has 1 aliphatic carbocycles. The van der Waals surface area contributed by atoms with E-state index in [0.717, 1.165) is 27.8 Å². The van der Waals surface area contributed by atoms with Crippen LogP contribution in [0.2, 0.25) is 0 Å². The maximum Gasteiger partial charge on any atom is 0.206 e. The maximum absolute atomic E-state index is 12.6. The van der Waals surface area contributed by atoms with Crippen molar-refractivity contribution in [2.75, 3.05) is 0 Å². The molecule has 1 aliphatic rings. The van der Waals surface area contributed by atoms with E-state index in [4.69, 9.17) is 11.6 Å². The van der Waals surface area contributed by atoms with Crippen LogP contribution in [0, 0.1) is 0 Å². The van der Waals surface area contributed by atoms with Crippen LogP contribution in [0.5, 0.6) is 0 Å². The largest absolute Gasteiger partial charge is 0.288 e. The van der Waals surface area contributed by atoms with Gasteiger partial charge in [-0.1, -0.05) is 96.5 Å². The Labute approximate surface area is 165 Å². The van der Waals surface area contributed by atoms with Gasteiger partial charge in [0.25, 0.3) is 0 Å². The second-order valence-electron chi connectivity index (χ2n) is 5.98. The summed E-state index contributed by atoms with van der Waals surface area (Å²) in [5.74, 6) is -0.154. The quantitative estimate of drug-likeness (QED) is 0.450. The number of ketones is 1. The van der Waals surface area contributed by atoms with Gasteiger partial charge in [0, 0.05) is 15.6 Å². The highest BCUT2D eigenvalue weighted by Crippen LogP contribution is 2.45. The molecule has 0 heterocycles. The van der Waals surface area contributed by atoms with Gasteiger partial charge in [-0.3, -0.25) is 4.79 Å². The minimum absolute atomic E-state index is 0.154. The summed E-state index contributed by atoms with van der Waals surface area (Å²) in [5, 5.41) is 0.211. The second-order valence-corrected chi connectivity index (χ2v) is 7.16. The number of benzene rings is 3. The van der Waals surface area contributed by atoms with Crippen molar-refractivity contribution in [2.45, 2.75) is 0 Å². The fraction of sp³-hybridized carbons (Fsp3) is 0. The molecule has 0 amide bonds. The molecule has 3 heteroatoms. The number of halogens is 2. The number of carbonyl (C=O) groups excluding carboxylic acids is 1. The molecule has 0 N–H and O–H groups in total. The predicted octanol–water partition coefficient (Wildman–Crippen LogP) is 6.69. The highest BCUT2D eigenvalue weighted by Gasteiger charge is 2.29. The number of carbonyl (C=O) groups is 1. The van der Waals surface area contributed by atoms with Crippen LogP contribution < -0.4 is 0 Å². The molecule has 0 unspecified atom stereocenters. The smallest absolute Gasteiger partial charge is 0.206 e. The first-order chi connectivity index (χ1) is 12.7. The van der Waals surface area contributed by atoms with Crippen LogP contribution in [0.15, 0.2) is 94.4 Å². The molecular weight excluding hydrogens is 408 g/mol. The van der Waals surface area contributed by atoms with Crippen molar-refractivity contribution >= 4 is 44.5 Å². The van der Waals surface area contributed by atoms with Gasteiger partial charge in [-0.15, -0.1) is 0 Å². The molecule has 0 saturated heterocycles. The van der Waals surface area contributed by atoms with Gasteiger partial charge in [-0.05, 0) is 38.2 Å². The summed E-state index contributed by atoms with van der Waals surface area (Å²) in [6.45, 7) is 0. The van der Waals surface area contributed by atoms with Crippen molar-refractivity contribution in [3.05, 3.63) is 117 Å². The van der Waals surface area contributed by atoms with Gasteiger partial charge in [0.2, 0.25) is 5.78 Å². The zero-order valence-corrected chi connectivity index (χ0v) is 16.1. The first-order valence-electron chi connectivity index (χ1n) is 8.23. The normalized spacial score (nSPS) is 13.6. The van der Waals surface area contributed by atoms with Crippen LogP contribution in [0.3, 0.4) is 0 Å². The fourth-order valence-corrected chi connectivity index (χ4v) is 4.04. The van der Waals surface area contributed by atoms with E-state index < -0.39 is 0 Å². The van der Waals surface area contributed by atoms with Crippen molar-refractivity contribution < 1.29 is 4.79 Å². The maximum atomic E-state index is 12.6. The molecule has 0 bridgehead atoms. The van der Waals surface area contributed by atoms with Crippen LogP contribution in [-0.4, -0.2) is 5.78 Å². The predicted molar refractivity (Wildman–Crippen MR) is 111 cm³/mol. The summed E-state index contributed by atoms with van der Waals surface area (Å²) in [6, 6.07) is 27.9. The number of rotatable bonds is 2. The Kier molecular flexibility index (Phi) is 4.62. The molecule has 3 aromatic rings. The van der Waals surface area contributed by atoms with Crippen LogP contribution in [-0.2, 0) is 0 Å². The Bertz CT molecular complexity index is 1010. The SMILES string of the molecule is O=C1C(Cl)=C(Br)C(=C(c2ccccc2)c2ccccc2)c2ccccc21. The van der Waals surface area contributed by atoms with E-state index in [1.54, 1.807) is 0 Å². The molecule has 0 radical (unpaired) electrons. The summed E-state index contributed by atoms with van der Waals surface area (Å²) in [5.41, 5.74) is 5.62. The fourth-order valence-electron chi connectivity index (χ4n) is 3.25. The minimum atomic E-state index is -0.154. The number of Topliss-reactive ketones (excluding diaryl/α,β-unsaturated/α-hetero) is 1. The molecular formula is C23H14BrClO. The van der Waals surface area contributed by atoms with Gasteiger partial charge in [0.1, 0.15) is 5.03 Å². The molecule has 0 aliphatic heterocycles. The zero-order valence-electron chi connectivity index (χ0n) is 13.7. The van der Waals surface area contributed by atoms with Crippen molar-refractivity contribution in [1.82, 2.24) is 0 Å². The molecule has 126 valence electrons. The van der Waals surface area contributed by atoms with Crippen LogP contribution in [0.1, 0.15) is 27.0 Å². The van der Waals surface area contributed by atoms with E-state index in [9.17, 15) is 4.79 Å². The number of hydrogen-bond acceptors (Lipinski definition) is 1. The van der Waals surface area contributed by atoms with Gasteiger partial charge < -0.3 is 0 Å². The molecule has 3 aromatic carbocycles. The summed E-state index contributed by atoms with van der Waals surface area (Å²) in [7, 11) is 0. The van der Waals surface area contributed by atoms with Gasteiger partial charge in [0.15, 0.2) is 0 Å². The number of fused-ring (bicyclic) bond motifs is 1. The van der Waals surface area contributed by atoms with E-state index in [0.29, 0.717) is 10.0 Å². The van der Waals surface area contributed by atoms with E-state index in [-0.39, 0.29) is 10.8 Å². The van der Waals surface area contributed by atoms with E-state index in [2.05, 4.69) is 40.2 Å². The summed E-state index contributed by atoms with van der Waals surface area (Å²) >= 11 is 10.0. The Hall–Kier alpha value is -2.42. The zero-order chi connectivity index (χ0) is 18.1. The van der Waals surface area contributed by atoms with Crippen molar-refractivity contribution in [2.24, 2.45) is 0 Å². The van der Waals surface area contributed by atoms with Gasteiger partial charge in [0.05, 0.1) is 0 Å². The first-order valence-corrected chi connectivity index (χ1v) is 9.40. The van der Waals surface area contributed by atoms with E-state index >= 15 is 0 Å². The van der Waals surface area contributed by atoms with Gasteiger partial charge in [-0.25, -0.2) is 0 Å². The van der Waals surface area contributed by atoms with E-state index in [1.165, 1.54) is 0 Å². The van der Waals surface area contributed by atoms with Crippen molar-refractivity contribution in [3.63, 3.8) is 0 Å². The second kappa shape index (κ2) is 7.06. The van der Waals surface area contributed by atoms with Crippen molar-refractivity contribution in [1.29, 1.82) is 0 Å². The highest BCUT2D eigenvalue weighted by atomic mass is 79.9. The lowest BCUT2D eigenvalue weighted by Gasteiger charge is -2.23. The lowest BCUT2D eigenvalue weighted by atomic mass is 9.84. The Morgan fingerprint density at radius 3 is 1.69 bits per heavy atom. The number of allylic oxidation sites excluding steroid dienone is 3. The molecule has 0 spiro atoms. The third-order valence-electron chi connectivity index (χ3n) is 4.43. The lowest BCUT2D eigenvalue weighted by Crippen LogP contribution is -2.12. The molecule has 0 aromatic heterocycles. The average molecular weight is 422 g/mol.